The van der Waals surface area contributed by atoms with Crippen molar-refractivity contribution in [1.29, 1.82) is 0 Å². The minimum Gasteiger partial charge on any atom is -0.756 e. The first-order valence-corrected chi connectivity index (χ1v) is 14.8. The molecule has 2 atom stereocenters. The fourth-order valence-corrected chi connectivity index (χ4v) is 4.23. The average molecular weight is 509 g/mol. The molecule has 34 heavy (non-hydrogen) atoms. The molecule has 9 heteroatoms. The van der Waals surface area contributed by atoms with Crippen LogP contribution >= 0.6 is 7.82 Å². The zero-order chi connectivity index (χ0) is 25.5. The first-order chi connectivity index (χ1) is 16.3. The van der Waals surface area contributed by atoms with Crippen LogP contribution in [0.25, 0.3) is 0 Å². The van der Waals surface area contributed by atoms with Crippen molar-refractivity contribution in [1.82, 2.24) is 4.90 Å². The fourth-order valence-electron chi connectivity index (χ4n) is 3.50. The Balaban J connectivity index is 3.48. The Morgan fingerprint density at radius 2 is 1.29 bits per heavy atom. The summed E-state index contributed by atoms with van der Waals surface area (Å²) in [5.41, 5.74) is 0. The Hall–Kier alpha value is -0.500. The molecule has 2 unspecified atom stereocenters. The van der Waals surface area contributed by atoms with Crippen LogP contribution in [0, 0.1) is 0 Å². The van der Waals surface area contributed by atoms with Gasteiger partial charge in [0, 0.05) is 13.0 Å². The summed E-state index contributed by atoms with van der Waals surface area (Å²) in [5, 5.41) is 9.75. The molecular formula is C25H51NO7P-. The Kier molecular flexibility index (Phi) is 22.6. The van der Waals surface area contributed by atoms with Crippen molar-refractivity contribution in [3.8, 4) is 0 Å². The summed E-state index contributed by atoms with van der Waals surface area (Å²) < 4.78 is 25.8. The van der Waals surface area contributed by atoms with Crippen LogP contribution in [0.1, 0.15) is 110 Å². The monoisotopic (exact) mass is 508 g/mol. The van der Waals surface area contributed by atoms with Gasteiger partial charge in [-0.3, -0.25) is 9.36 Å². The van der Waals surface area contributed by atoms with Crippen LogP contribution < -0.4 is 4.89 Å². The summed E-state index contributed by atoms with van der Waals surface area (Å²) in [5.74, 6) is -0.388. The molecule has 1 N–H and O–H groups in total. The number of carbonyl (C=O) groups excluding carboxylic acids is 1. The number of likely N-dealkylation sites (N-methyl/N-ethyl adjacent to an activating group) is 1. The molecular weight excluding hydrogens is 457 g/mol. The quantitative estimate of drug-likeness (QED) is 0.102. The van der Waals surface area contributed by atoms with Gasteiger partial charge in [-0.15, -0.1) is 0 Å². The number of rotatable bonds is 25. The van der Waals surface area contributed by atoms with E-state index in [-0.39, 0.29) is 19.2 Å². The molecule has 0 aromatic rings. The van der Waals surface area contributed by atoms with E-state index < -0.39 is 20.5 Å². The SMILES string of the molecule is CCCCCCCCCCCCCCCCCC(=O)OCC(O)COP(=O)([O-])OCCN(C)C. The van der Waals surface area contributed by atoms with Gasteiger partial charge in [0.2, 0.25) is 0 Å². The molecule has 0 aromatic carbocycles. The van der Waals surface area contributed by atoms with Crippen molar-refractivity contribution in [3.63, 3.8) is 0 Å². The molecule has 0 aliphatic carbocycles. The van der Waals surface area contributed by atoms with Crippen LogP contribution in [0.4, 0.5) is 0 Å². The van der Waals surface area contributed by atoms with Crippen LogP contribution in [0.5, 0.6) is 0 Å². The second kappa shape index (κ2) is 22.9. The van der Waals surface area contributed by atoms with Crippen molar-refractivity contribution >= 4 is 13.8 Å². The van der Waals surface area contributed by atoms with E-state index >= 15 is 0 Å². The van der Waals surface area contributed by atoms with E-state index in [1.807, 2.05) is 0 Å². The van der Waals surface area contributed by atoms with Gasteiger partial charge in [-0.1, -0.05) is 96.8 Å². The first-order valence-electron chi connectivity index (χ1n) is 13.4. The Labute approximate surface area is 208 Å². The topological polar surface area (TPSA) is 108 Å². The number of phosphoric ester groups is 1. The number of hydrogen-bond acceptors (Lipinski definition) is 8. The number of ether oxygens (including phenoxy) is 1. The molecule has 0 saturated heterocycles. The van der Waals surface area contributed by atoms with E-state index in [2.05, 4.69) is 16.0 Å². The van der Waals surface area contributed by atoms with Gasteiger partial charge < -0.3 is 28.7 Å². The summed E-state index contributed by atoms with van der Waals surface area (Å²) in [6.45, 7) is 1.85. The zero-order valence-corrected chi connectivity index (χ0v) is 22.9. The van der Waals surface area contributed by atoms with E-state index in [1.54, 1.807) is 19.0 Å². The lowest BCUT2D eigenvalue weighted by molar-refractivity contribution is -0.227. The number of unbranched alkanes of at least 4 members (excludes halogenated alkanes) is 14. The predicted molar refractivity (Wildman–Crippen MR) is 135 cm³/mol. The highest BCUT2D eigenvalue weighted by molar-refractivity contribution is 7.45. The molecule has 0 aliphatic rings. The molecule has 0 fully saturated rings. The van der Waals surface area contributed by atoms with Gasteiger partial charge in [0.1, 0.15) is 12.7 Å². The van der Waals surface area contributed by atoms with Gasteiger partial charge in [-0.25, -0.2) is 0 Å². The minimum atomic E-state index is -4.47. The van der Waals surface area contributed by atoms with Crippen LogP contribution in [-0.2, 0) is 23.1 Å². The summed E-state index contributed by atoms with van der Waals surface area (Å²) in [6.07, 6.45) is 18.0. The lowest BCUT2D eigenvalue weighted by Gasteiger charge is -2.24. The number of aliphatic hydroxyl groups excluding tert-OH is 1. The second-order valence-electron chi connectivity index (χ2n) is 9.42. The molecule has 0 radical (unpaired) electrons. The molecule has 0 amide bonds. The summed E-state index contributed by atoms with van der Waals surface area (Å²) in [4.78, 5) is 25.1. The largest absolute Gasteiger partial charge is 0.756 e. The molecule has 204 valence electrons. The number of carbonyl (C=O) groups is 1. The van der Waals surface area contributed by atoms with Gasteiger partial charge in [-0.2, -0.15) is 0 Å². The number of nitrogens with zero attached hydrogens (tertiary/aromatic N) is 1. The minimum absolute atomic E-state index is 0.0296. The Morgan fingerprint density at radius 3 is 1.76 bits per heavy atom. The second-order valence-corrected chi connectivity index (χ2v) is 10.8. The highest BCUT2D eigenvalue weighted by atomic mass is 31.2. The Morgan fingerprint density at radius 1 is 0.824 bits per heavy atom. The molecule has 0 bridgehead atoms. The third kappa shape index (κ3) is 24.6. The zero-order valence-electron chi connectivity index (χ0n) is 22.0. The highest BCUT2D eigenvalue weighted by Gasteiger charge is 2.15. The average Bonchev–Trinajstić information content (AvgIpc) is 2.78. The number of hydrogen-bond donors (Lipinski definition) is 1. The summed E-state index contributed by atoms with van der Waals surface area (Å²) in [6, 6.07) is 0. The van der Waals surface area contributed by atoms with Gasteiger partial charge in [0.25, 0.3) is 7.82 Å². The smallest absolute Gasteiger partial charge is 0.305 e. The lowest BCUT2D eigenvalue weighted by Crippen LogP contribution is -2.25. The van der Waals surface area contributed by atoms with Crippen LogP contribution in [0.2, 0.25) is 0 Å². The molecule has 0 rings (SSSR count). The van der Waals surface area contributed by atoms with Gasteiger partial charge in [0.05, 0.1) is 13.2 Å². The summed E-state index contributed by atoms with van der Waals surface area (Å²) in [7, 11) is -0.895. The maximum Gasteiger partial charge on any atom is 0.305 e. The van der Waals surface area contributed by atoms with Crippen molar-refractivity contribution in [2.75, 3.05) is 40.5 Å². The molecule has 8 nitrogen and oxygen atoms in total. The standard InChI is InChI=1S/C25H52NO7P/c1-4-5-6-7-8-9-10-11-12-13-14-15-16-17-18-19-25(28)31-22-24(27)23-33-34(29,30)32-21-20-26(2)3/h24,27H,4-23H2,1-3H3,(H,29,30)/p-1. The normalized spacial score (nSPS) is 14.3. The molecule has 0 heterocycles. The van der Waals surface area contributed by atoms with Gasteiger partial charge in [-0.05, 0) is 20.5 Å². The molecule has 0 aromatic heterocycles. The van der Waals surface area contributed by atoms with E-state index in [9.17, 15) is 19.4 Å². The fraction of sp³-hybridized carbons (Fsp3) is 0.960. The maximum atomic E-state index is 11.8. The van der Waals surface area contributed by atoms with Gasteiger partial charge in [0.15, 0.2) is 0 Å². The van der Waals surface area contributed by atoms with E-state index in [0.29, 0.717) is 13.0 Å². The molecule has 0 aliphatic heterocycles. The Bertz CT molecular complexity index is 519. The highest BCUT2D eigenvalue weighted by Crippen LogP contribution is 2.38. The summed E-state index contributed by atoms with van der Waals surface area (Å²) >= 11 is 0. The van der Waals surface area contributed by atoms with E-state index in [0.717, 1.165) is 19.3 Å². The van der Waals surface area contributed by atoms with Crippen molar-refractivity contribution in [2.45, 2.75) is 116 Å². The van der Waals surface area contributed by atoms with Crippen LogP contribution in [0.15, 0.2) is 0 Å². The third-order valence-corrected chi connectivity index (χ3v) is 6.60. The van der Waals surface area contributed by atoms with E-state index in [4.69, 9.17) is 4.74 Å². The number of phosphoric acid groups is 1. The number of aliphatic hydroxyl groups is 1. The third-order valence-electron chi connectivity index (χ3n) is 5.63. The lowest BCUT2D eigenvalue weighted by atomic mass is 10.0. The molecule has 0 saturated carbocycles. The van der Waals surface area contributed by atoms with Crippen molar-refractivity contribution in [2.24, 2.45) is 0 Å². The van der Waals surface area contributed by atoms with Gasteiger partial charge >= 0.3 is 5.97 Å². The maximum absolute atomic E-state index is 11.8. The first kappa shape index (κ1) is 33.5. The predicted octanol–water partition coefficient (Wildman–Crippen LogP) is 5.22. The van der Waals surface area contributed by atoms with Crippen LogP contribution in [0.3, 0.4) is 0 Å². The van der Waals surface area contributed by atoms with E-state index in [1.165, 1.54) is 77.0 Å². The number of esters is 1. The van der Waals surface area contributed by atoms with Crippen molar-refractivity contribution in [3.05, 3.63) is 0 Å². The van der Waals surface area contributed by atoms with Crippen molar-refractivity contribution < 1.29 is 33.1 Å². The molecule has 0 spiro atoms. The van der Waals surface area contributed by atoms with Crippen LogP contribution in [-0.4, -0.2) is 62.5 Å².